The van der Waals surface area contributed by atoms with Crippen LogP contribution in [0.5, 0.6) is 23.0 Å². The first-order valence-corrected chi connectivity index (χ1v) is 15.0. The molecule has 45 heavy (non-hydrogen) atoms. The van der Waals surface area contributed by atoms with Gasteiger partial charge in [-0.3, -0.25) is 14.7 Å². The lowest BCUT2D eigenvalue weighted by Gasteiger charge is -2.26. The normalized spacial score (nSPS) is 15.6. The van der Waals surface area contributed by atoms with E-state index in [9.17, 15) is 9.59 Å². The Kier molecular flexibility index (Phi) is 9.29. The molecule has 0 saturated carbocycles. The summed E-state index contributed by atoms with van der Waals surface area (Å²) in [6.07, 6.45) is 2.41. The predicted molar refractivity (Wildman–Crippen MR) is 167 cm³/mol. The van der Waals surface area contributed by atoms with Crippen molar-refractivity contribution < 1.29 is 32.9 Å². The number of nitrogens with zero attached hydrogens (tertiary/aromatic N) is 4. The van der Waals surface area contributed by atoms with E-state index < -0.39 is 17.8 Å². The summed E-state index contributed by atoms with van der Waals surface area (Å²) in [7, 11) is 1.55. The molecule has 3 amide bonds. The average Bonchev–Trinajstić information content (AvgIpc) is 3.33. The van der Waals surface area contributed by atoms with Crippen LogP contribution in [0.25, 0.3) is 10.9 Å². The molecule has 0 aliphatic carbocycles. The van der Waals surface area contributed by atoms with E-state index in [1.54, 1.807) is 55.8 Å². The second-order valence-corrected chi connectivity index (χ2v) is 11.1. The second kappa shape index (κ2) is 13.7. The van der Waals surface area contributed by atoms with E-state index in [0.29, 0.717) is 39.8 Å². The Labute approximate surface area is 264 Å². The minimum atomic E-state index is -0.735. The molecule has 2 fully saturated rings. The number of amides is 3. The molecule has 6 rings (SSSR count). The number of rotatable bonds is 11. The zero-order valence-electron chi connectivity index (χ0n) is 24.7. The molecule has 2 aliphatic heterocycles. The van der Waals surface area contributed by atoms with Gasteiger partial charge in [0.05, 0.1) is 38.1 Å². The van der Waals surface area contributed by atoms with Crippen molar-refractivity contribution >= 4 is 40.1 Å². The van der Waals surface area contributed by atoms with Crippen LogP contribution >= 0.6 is 11.6 Å². The topological polar surface area (TPSA) is 93.7 Å². The minimum absolute atomic E-state index is 0.0780. The van der Waals surface area contributed by atoms with Crippen molar-refractivity contribution in [3.63, 3.8) is 0 Å². The highest BCUT2D eigenvalue weighted by molar-refractivity contribution is 6.30. The third kappa shape index (κ3) is 6.95. The van der Waals surface area contributed by atoms with Crippen LogP contribution in [0.3, 0.4) is 0 Å². The number of carbonyl (C=O) groups excluding carboxylic acids is 2. The van der Waals surface area contributed by atoms with Crippen molar-refractivity contribution in [3.05, 3.63) is 83.3 Å². The summed E-state index contributed by atoms with van der Waals surface area (Å²) >= 11 is 5.95. The molecule has 3 aromatic carbocycles. The van der Waals surface area contributed by atoms with Crippen LogP contribution in [0.4, 0.5) is 14.9 Å². The van der Waals surface area contributed by atoms with E-state index in [1.165, 1.54) is 17.0 Å². The lowest BCUT2D eigenvalue weighted by atomic mass is 10.1. The van der Waals surface area contributed by atoms with Crippen molar-refractivity contribution in [2.75, 3.05) is 58.0 Å². The molecular weight excluding hydrogens is 603 g/mol. The molecular formula is C33H32ClFN4O6. The summed E-state index contributed by atoms with van der Waals surface area (Å²) in [6, 6.07) is 15.6. The number of pyridine rings is 1. The van der Waals surface area contributed by atoms with Gasteiger partial charge in [-0.1, -0.05) is 23.7 Å². The van der Waals surface area contributed by atoms with Gasteiger partial charge >= 0.3 is 6.03 Å². The molecule has 4 aromatic rings. The maximum absolute atomic E-state index is 15.4. The molecule has 2 saturated heterocycles. The summed E-state index contributed by atoms with van der Waals surface area (Å²) in [6.45, 7) is 4.89. The molecule has 2 aliphatic rings. The summed E-state index contributed by atoms with van der Waals surface area (Å²) in [4.78, 5) is 35.0. The van der Waals surface area contributed by atoms with Crippen LogP contribution < -0.4 is 19.1 Å². The van der Waals surface area contributed by atoms with Crippen LogP contribution in [0, 0.1) is 5.82 Å². The van der Waals surface area contributed by atoms with Crippen LogP contribution in [-0.4, -0.2) is 79.8 Å². The molecule has 0 atom stereocenters. The number of carbonyl (C=O) groups is 2. The lowest BCUT2D eigenvalue weighted by Crippen LogP contribution is -2.37. The van der Waals surface area contributed by atoms with Gasteiger partial charge in [0.25, 0.3) is 5.91 Å². The van der Waals surface area contributed by atoms with Crippen molar-refractivity contribution in [2.24, 2.45) is 0 Å². The van der Waals surface area contributed by atoms with E-state index in [1.807, 2.05) is 0 Å². The van der Waals surface area contributed by atoms with E-state index in [2.05, 4.69) is 9.88 Å². The Morgan fingerprint density at radius 3 is 2.51 bits per heavy atom. The van der Waals surface area contributed by atoms with Crippen LogP contribution in [-0.2, 0) is 16.1 Å². The van der Waals surface area contributed by atoms with Gasteiger partial charge in [0.2, 0.25) is 0 Å². The van der Waals surface area contributed by atoms with E-state index in [4.69, 9.17) is 30.5 Å². The highest BCUT2D eigenvalue weighted by Gasteiger charge is 2.37. The third-order valence-electron chi connectivity index (χ3n) is 7.68. The molecule has 234 valence electrons. The molecule has 0 bridgehead atoms. The predicted octanol–water partition coefficient (Wildman–Crippen LogP) is 5.90. The number of fused-ring (bicyclic) bond motifs is 1. The van der Waals surface area contributed by atoms with Crippen LogP contribution in [0.15, 0.2) is 66.9 Å². The van der Waals surface area contributed by atoms with Gasteiger partial charge in [0.1, 0.15) is 12.3 Å². The number of ether oxygens (including phenoxy) is 4. The molecule has 0 N–H and O–H groups in total. The molecule has 0 unspecified atom stereocenters. The van der Waals surface area contributed by atoms with Gasteiger partial charge in [-0.25, -0.2) is 14.1 Å². The molecule has 10 nitrogen and oxygen atoms in total. The second-order valence-electron chi connectivity index (χ2n) is 10.7. The first-order chi connectivity index (χ1) is 21.9. The summed E-state index contributed by atoms with van der Waals surface area (Å²) in [5, 5.41) is 1.17. The van der Waals surface area contributed by atoms with Gasteiger partial charge in [0.15, 0.2) is 23.1 Å². The fourth-order valence-electron chi connectivity index (χ4n) is 5.35. The monoisotopic (exact) mass is 634 g/mol. The molecule has 0 radical (unpaired) electrons. The highest BCUT2D eigenvalue weighted by atomic mass is 35.5. The Morgan fingerprint density at radius 2 is 1.76 bits per heavy atom. The number of hydrogen-bond donors (Lipinski definition) is 0. The number of halogens is 2. The summed E-state index contributed by atoms with van der Waals surface area (Å²) in [5.74, 6) is 0.140. The zero-order chi connectivity index (χ0) is 31.3. The molecule has 0 spiro atoms. The Balaban J connectivity index is 1.14. The number of methoxy groups -OCH3 is 1. The number of hydrogen-bond acceptors (Lipinski definition) is 8. The van der Waals surface area contributed by atoms with E-state index in [0.717, 1.165) is 55.8 Å². The first kappa shape index (κ1) is 30.6. The Bertz CT molecular complexity index is 1700. The third-order valence-corrected chi connectivity index (χ3v) is 7.94. The fourth-order valence-corrected chi connectivity index (χ4v) is 5.48. The molecule has 3 heterocycles. The number of morpholine rings is 1. The number of anilines is 1. The number of urea groups is 1. The highest BCUT2D eigenvalue weighted by Crippen LogP contribution is 2.38. The van der Waals surface area contributed by atoms with Gasteiger partial charge in [-0.2, -0.15) is 0 Å². The van der Waals surface area contributed by atoms with Gasteiger partial charge < -0.3 is 23.8 Å². The van der Waals surface area contributed by atoms with Gasteiger partial charge in [0, 0.05) is 54.9 Å². The SMILES string of the molecule is COc1cc2c(Oc3ccc(N4C(=O)CN(Cc5ccc(Cl)cc5)C4=O)cc3F)ccnc2cc1OCCCN1CCOCC1. The standard InChI is InChI=1S/C33H32ClFN4O6/c1-42-30-18-25-27(19-31(30)44-14-2-11-37-12-15-43-16-13-37)36-10-9-28(25)45-29-8-7-24(17-26(29)35)39-32(40)21-38(33(39)41)20-22-3-5-23(34)6-4-22/h3-10,17-19H,2,11-16,20-21H2,1H3. The molecule has 1 aromatic heterocycles. The first-order valence-electron chi connectivity index (χ1n) is 14.6. The van der Waals surface area contributed by atoms with Crippen molar-refractivity contribution in [2.45, 2.75) is 13.0 Å². The fraction of sp³-hybridized carbons (Fsp3) is 0.303. The van der Waals surface area contributed by atoms with Crippen molar-refractivity contribution in [1.29, 1.82) is 0 Å². The molecule has 12 heteroatoms. The number of benzene rings is 3. The summed E-state index contributed by atoms with van der Waals surface area (Å²) in [5.41, 5.74) is 1.52. The number of imide groups is 1. The zero-order valence-corrected chi connectivity index (χ0v) is 25.5. The number of aromatic nitrogens is 1. The van der Waals surface area contributed by atoms with Crippen LogP contribution in [0.2, 0.25) is 5.02 Å². The van der Waals surface area contributed by atoms with Gasteiger partial charge in [-0.05, 0) is 48.4 Å². The maximum atomic E-state index is 15.4. The Hall–Kier alpha value is -4.45. The summed E-state index contributed by atoms with van der Waals surface area (Å²) < 4.78 is 38.4. The van der Waals surface area contributed by atoms with Crippen molar-refractivity contribution in [1.82, 2.24) is 14.8 Å². The van der Waals surface area contributed by atoms with Crippen molar-refractivity contribution in [3.8, 4) is 23.0 Å². The largest absolute Gasteiger partial charge is 0.493 e. The average molecular weight is 635 g/mol. The quantitative estimate of drug-likeness (QED) is 0.149. The lowest BCUT2D eigenvalue weighted by molar-refractivity contribution is -0.116. The van der Waals surface area contributed by atoms with E-state index in [-0.39, 0.29) is 24.5 Å². The maximum Gasteiger partial charge on any atom is 0.332 e. The van der Waals surface area contributed by atoms with E-state index >= 15 is 4.39 Å². The minimum Gasteiger partial charge on any atom is -0.493 e. The van der Waals surface area contributed by atoms with Gasteiger partial charge in [-0.15, -0.1) is 0 Å². The smallest absolute Gasteiger partial charge is 0.332 e. The Morgan fingerprint density at radius 1 is 0.956 bits per heavy atom. The van der Waals surface area contributed by atoms with Crippen LogP contribution in [0.1, 0.15) is 12.0 Å².